The van der Waals surface area contributed by atoms with Gasteiger partial charge in [0.2, 0.25) is 10.0 Å². The monoisotopic (exact) mass is 496 g/mol. The molecule has 4 rings (SSSR count). The molecule has 1 saturated heterocycles. The largest absolute Gasteiger partial charge is 0.491 e. The highest BCUT2D eigenvalue weighted by Gasteiger charge is 2.29. The summed E-state index contributed by atoms with van der Waals surface area (Å²) in [4.78, 5) is 13.4. The Balaban J connectivity index is 1.40. The Morgan fingerprint density at radius 1 is 0.971 bits per heavy atom. The van der Waals surface area contributed by atoms with Crippen LogP contribution in [0.25, 0.3) is 0 Å². The van der Waals surface area contributed by atoms with E-state index < -0.39 is 14.9 Å². The Hall–Kier alpha value is -3.63. The zero-order valence-corrected chi connectivity index (χ0v) is 20.3. The summed E-state index contributed by atoms with van der Waals surface area (Å²) in [6, 6.07) is 21.0. The number of nitrogens with zero attached hydrogens (tertiary/aromatic N) is 3. The van der Waals surface area contributed by atoms with E-state index in [-0.39, 0.29) is 10.6 Å². The van der Waals surface area contributed by atoms with E-state index in [0.29, 0.717) is 45.0 Å². The maximum atomic E-state index is 12.9. The molecule has 1 N–H and O–H groups in total. The van der Waals surface area contributed by atoms with Gasteiger partial charge in [0, 0.05) is 44.5 Å². The molecule has 0 amide bonds. The van der Waals surface area contributed by atoms with Crippen LogP contribution in [-0.2, 0) is 10.0 Å². The highest BCUT2D eigenvalue weighted by atomic mass is 32.2. The Morgan fingerprint density at radius 2 is 1.66 bits per heavy atom. The summed E-state index contributed by atoms with van der Waals surface area (Å²) < 4.78 is 33.0. The summed E-state index contributed by atoms with van der Waals surface area (Å²) in [5, 5.41) is 14.7. The third-order valence-corrected chi connectivity index (χ3v) is 7.84. The van der Waals surface area contributed by atoms with Gasteiger partial charge in [-0.05, 0) is 42.8 Å². The number of nitrogens with one attached hydrogen (secondary N) is 1. The predicted octanol–water partition coefficient (Wildman–Crippen LogP) is 3.91. The second-order valence-electron chi connectivity index (χ2n) is 8.20. The molecule has 35 heavy (non-hydrogen) atoms. The number of para-hydroxylation sites is 1. The molecular weight excluding hydrogens is 468 g/mol. The van der Waals surface area contributed by atoms with Gasteiger partial charge in [-0.25, -0.2) is 8.42 Å². The molecule has 0 aliphatic carbocycles. The van der Waals surface area contributed by atoms with E-state index in [0.717, 1.165) is 17.0 Å². The van der Waals surface area contributed by atoms with Crippen molar-refractivity contribution in [1.29, 1.82) is 0 Å². The molecule has 3 aromatic carbocycles. The minimum atomic E-state index is -3.54. The Labute approximate surface area is 205 Å². The number of anilines is 2. The van der Waals surface area contributed by atoms with Crippen molar-refractivity contribution < 1.29 is 18.1 Å². The van der Waals surface area contributed by atoms with E-state index in [9.17, 15) is 18.5 Å². The first-order chi connectivity index (χ1) is 16.9. The van der Waals surface area contributed by atoms with Crippen molar-refractivity contribution >= 4 is 27.1 Å². The first kappa shape index (κ1) is 24.5. The second-order valence-corrected chi connectivity index (χ2v) is 10.1. The summed E-state index contributed by atoms with van der Waals surface area (Å²) >= 11 is 0. The molecule has 184 valence electrons. The minimum Gasteiger partial charge on any atom is -0.491 e. The number of hydrogen-bond acceptors (Lipinski definition) is 7. The smallest absolute Gasteiger partial charge is 0.292 e. The first-order valence-corrected chi connectivity index (χ1v) is 12.8. The van der Waals surface area contributed by atoms with Gasteiger partial charge in [-0.1, -0.05) is 36.4 Å². The SMILES string of the molecule is Cc1ccccc1OCCNc1cc(N2CCN(S(=O)(=O)c3ccccc3)CC2)ccc1[N+](=O)[O-]. The fourth-order valence-corrected chi connectivity index (χ4v) is 5.46. The third-order valence-electron chi connectivity index (χ3n) is 5.93. The maximum absolute atomic E-state index is 12.9. The standard InChI is InChI=1S/C25H28N4O5S/c1-20-7-5-6-10-25(20)34-18-13-26-23-19-21(11-12-24(23)29(30)31)27-14-16-28(17-15-27)35(32,33)22-8-3-2-4-9-22/h2-12,19,26H,13-18H2,1H3. The predicted molar refractivity (Wildman–Crippen MR) is 136 cm³/mol. The number of nitro benzene ring substituents is 1. The molecule has 1 fully saturated rings. The van der Waals surface area contributed by atoms with E-state index in [2.05, 4.69) is 5.32 Å². The van der Waals surface area contributed by atoms with E-state index in [4.69, 9.17) is 4.74 Å². The number of sulfonamides is 1. The van der Waals surface area contributed by atoms with Crippen LogP contribution < -0.4 is 15.0 Å². The van der Waals surface area contributed by atoms with Crippen LogP contribution in [0.2, 0.25) is 0 Å². The van der Waals surface area contributed by atoms with Crippen molar-refractivity contribution in [1.82, 2.24) is 4.31 Å². The second kappa shape index (κ2) is 10.7. The molecule has 0 atom stereocenters. The van der Waals surface area contributed by atoms with E-state index in [1.54, 1.807) is 42.5 Å². The maximum Gasteiger partial charge on any atom is 0.292 e. The van der Waals surface area contributed by atoms with Crippen molar-refractivity contribution in [3.05, 3.63) is 88.5 Å². The van der Waals surface area contributed by atoms with Gasteiger partial charge < -0.3 is 15.0 Å². The molecule has 9 nitrogen and oxygen atoms in total. The zero-order chi connectivity index (χ0) is 24.8. The molecule has 0 radical (unpaired) electrons. The molecule has 0 spiro atoms. The quantitative estimate of drug-likeness (QED) is 0.272. The van der Waals surface area contributed by atoms with Crippen molar-refractivity contribution in [2.24, 2.45) is 0 Å². The van der Waals surface area contributed by atoms with Crippen LogP contribution in [0.4, 0.5) is 17.1 Å². The Bertz CT molecular complexity index is 1280. The van der Waals surface area contributed by atoms with Crippen LogP contribution in [0.5, 0.6) is 5.75 Å². The van der Waals surface area contributed by atoms with Gasteiger partial charge in [0.05, 0.1) is 9.82 Å². The number of hydrogen-bond donors (Lipinski definition) is 1. The van der Waals surface area contributed by atoms with Crippen LogP contribution >= 0.6 is 0 Å². The van der Waals surface area contributed by atoms with Gasteiger partial charge in [-0.15, -0.1) is 0 Å². The van der Waals surface area contributed by atoms with Gasteiger partial charge in [0.15, 0.2) is 0 Å². The van der Waals surface area contributed by atoms with Gasteiger partial charge in [0.25, 0.3) is 5.69 Å². The van der Waals surface area contributed by atoms with Crippen molar-refractivity contribution in [3.8, 4) is 5.75 Å². The Kier molecular flexibility index (Phi) is 7.52. The van der Waals surface area contributed by atoms with Gasteiger partial charge in [-0.2, -0.15) is 4.31 Å². The highest BCUT2D eigenvalue weighted by Crippen LogP contribution is 2.30. The number of nitro groups is 1. The number of aryl methyl sites for hydroxylation is 1. The van der Waals surface area contributed by atoms with Gasteiger partial charge >= 0.3 is 0 Å². The van der Waals surface area contributed by atoms with Crippen LogP contribution in [0, 0.1) is 17.0 Å². The summed E-state index contributed by atoms with van der Waals surface area (Å²) in [5.74, 6) is 0.779. The summed E-state index contributed by atoms with van der Waals surface area (Å²) in [6.45, 7) is 4.34. The van der Waals surface area contributed by atoms with Crippen LogP contribution in [0.15, 0.2) is 77.7 Å². The average molecular weight is 497 g/mol. The summed E-state index contributed by atoms with van der Waals surface area (Å²) in [7, 11) is -3.54. The molecular formula is C25H28N4O5S. The normalized spacial score (nSPS) is 14.5. The van der Waals surface area contributed by atoms with Gasteiger partial charge in [0.1, 0.15) is 18.0 Å². The average Bonchev–Trinajstić information content (AvgIpc) is 2.88. The number of piperazine rings is 1. The van der Waals surface area contributed by atoms with E-state index in [1.807, 2.05) is 36.1 Å². The number of benzene rings is 3. The third kappa shape index (κ3) is 5.72. The summed E-state index contributed by atoms with van der Waals surface area (Å²) in [6.07, 6.45) is 0. The summed E-state index contributed by atoms with van der Waals surface area (Å²) in [5.41, 5.74) is 2.21. The van der Waals surface area contributed by atoms with Crippen molar-refractivity contribution in [3.63, 3.8) is 0 Å². The molecule has 0 saturated carbocycles. The van der Waals surface area contributed by atoms with E-state index >= 15 is 0 Å². The van der Waals surface area contributed by atoms with Crippen molar-refractivity contribution in [2.45, 2.75) is 11.8 Å². The lowest BCUT2D eigenvalue weighted by atomic mass is 10.2. The lowest BCUT2D eigenvalue weighted by Gasteiger charge is -2.35. The molecule has 1 heterocycles. The lowest BCUT2D eigenvalue weighted by Crippen LogP contribution is -2.48. The van der Waals surface area contributed by atoms with E-state index in [1.165, 1.54) is 10.4 Å². The number of rotatable bonds is 9. The molecule has 0 unspecified atom stereocenters. The zero-order valence-electron chi connectivity index (χ0n) is 19.5. The number of ether oxygens (including phenoxy) is 1. The molecule has 10 heteroatoms. The fraction of sp³-hybridized carbons (Fsp3) is 0.280. The van der Waals surface area contributed by atoms with Crippen LogP contribution in [-0.4, -0.2) is 57.0 Å². The molecule has 3 aromatic rings. The van der Waals surface area contributed by atoms with Crippen LogP contribution in [0.1, 0.15) is 5.56 Å². The van der Waals surface area contributed by atoms with Crippen LogP contribution in [0.3, 0.4) is 0 Å². The van der Waals surface area contributed by atoms with Crippen molar-refractivity contribution in [2.75, 3.05) is 49.5 Å². The Morgan fingerprint density at radius 3 is 2.34 bits per heavy atom. The molecule has 1 aliphatic heterocycles. The molecule has 1 aliphatic rings. The molecule has 0 bridgehead atoms. The topological polar surface area (TPSA) is 105 Å². The highest BCUT2D eigenvalue weighted by molar-refractivity contribution is 7.89. The minimum absolute atomic E-state index is 0.0186. The fourth-order valence-electron chi connectivity index (χ4n) is 4.01. The first-order valence-electron chi connectivity index (χ1n) is 11.4. The lowest BCUT2D eigenvalue weighted by molar-refractivity contribution is -0.383. The molecule has 0 aromatic heterocycles. The van der Waals surface area contributed by atoms with Gasteiger partial charge in [-0.3, -0.25) is 10.1 Å².